The van der Waals surface area contributed by atoms with Crippen molar-refractivity contribution in [2.75, 3.05) is 53.4 Å². The van der Waals surface area contributed by atoms with Gasteiger partial charge in [0.15, 0.2) is 0 Å². The molecule has 5 nitrogen and oxygen atoms in total. The van der Waals surface area contributed by atoms with Crippen LogP contribution < -0.4 is 10.6 Å². The quantitative estimate of drug-likeness (QED) is 0.622. The van der Waals surface area contributed by atoms with Crippen LogP contribution in [0.25, 0.3) is 0 Å². The second-order valence-electron chi connectivity index (χ2n) is 7.06. The molecule has 2 saturated heterocycles. The second-order valence-corrected chi connectivity index (χ2v) is 7.06. The van der Waals surface area contributed by atoms with Crippen LogP contribution in [-0.4, -0.2) is 74.6 Å². The average Bonchev–Trinajstić information content (AvgIpc) is 2.56. The molecule has 0 unspecified atom stereocenters. The van der Waals surface area contributed by atoms with E-state index in [4.69, 9.17) is 0 Å². The molecule has 0 aromatic rings. The van der Waals surface area contributed by atoms with Crippen molar-refractivity contribution in [2.24, 2.45) is 0 Å². The molecule has 0 atom stereocenters. The topological polar surface area (TPSA) is 47.6 Å². The lowest BCUT2D eigenvalue weighted by Gasteiger charge is -2.50. The molecule has 0 aromatic carbocycles. The van der Waals surface area contributed by atoms with Crippen LogP contribution in [0.3, 0.4) is 0 Å². The minimum atomic E-state index is 0. The summed E-state index contributed by atoms with van der Waals surface area (Å²) in [6, 6.07) is 0. The normalized spacial score (nSPS) is 20.6. The zero-order valence-electron chi connectivity index (χ0n) is 15.7. The molecule has 2 rings (SSSR count). The van der Waals surface area contributed by atoms with Gasteiger partial charge in [-0.15, -0.1) is 37.2 Å². The van der Waals surface area contributed by atoms with E-state index < -0.39 is 0 Å². The van der Waals surface area contributed by atoms with Crippen LogP contribution in [0.15, 0.2) is 0 Å². The molecule has 0 saturated carbocycles. The van der Waals surface area contributed by atoms with Crippen molar-refractivity contribution < 1.29 is 4.79 Å². The van der Waals surface area contributed by atoms with E-state index in [2.05, 4.69) is 27.5 Å². The smallest absolute Gasteiger partial charge is 0.220 e. The summed E-state index contributed by atoms with van der Waals surface area (Å²) in [5.41, 5.74) is 0.200. The SMILES string of the molecule is CNCCCC(=O)NCC1(N2CCCCC2)CCN(C)CC1.Cl.Cl.Cl. The van der Waals surface area contributed by atoms with Gasteiger partial charge in [0.1, 0.15) is 0 Å². The first-order chi connectivity index (χ1) is 10.7. The number of amides is 1. The molecule has 0 spiro atoms. The van der Waals surface area contributed by atoms with Gasteiger partial charge in [0.25, 0.3) is 0 Å². The van der Waals surface area contributed by atoms with E-state index >= 15 is 0 Å². The van der Waals surface area contributed by atoms with Crippen LogP contribution in [0, 0.1) is 0 Å². The van der Waals surface area contributed by atoms with E-state index in [-0.39, 0.29) is 48.7 Å². The zero-order valence-corrected chi connectivity index (χ0v) is 18.2. The van der Waals surface area contributed by atoms with Gasteiger partial charge in [-0.2, -0.15) is 0 Å². The Morgan fingerprint density at radius 3 is 2.16 bits per heavy atom. The molecule has 2 fully saturated rings. The molecule has 8 heteroatoms. The summed E-state index contributed by atoms with van der Waals surface area (Å²) in [5.74, 6) is 0.213. The highest BCUT2D eigenvalue weighted by Crippen LogP contribution is 2.30. The first-order valence-electron chi connectivity index (χ1n) is 9.01. The van der Waals surface area contributed by atoms with Crippen molar-refractivity contribution in [1.29, 1.82) is 0 Å². The third-order valence-corrected chi connectivity index (χ3v) is 5.39. The number of nitrogens with one attached hydrogen (secondary N) is 2. The van der Waals surface area contributed by atoms with E-state index in [1.54, 1.807) is 0 Å². The maximum absolute atomic E-state index is 12.1. The first-order valence-corrected chi connectivity index (χ1v) is 9.01. The minimum absolute atomic E-state index is 0. The van der Waals surface area contributed by atoms with Gasteiger partial charge in [0.2, 0.25) is 5.91 Å². The number of rotatable bonds is 7. The molecular formula is C17H37Cl3N4O. The predicted octanol–water partition coefficient (Wildman–Crippen LogP) is 2.32. The highest BCUT2D eigenvalue weighted by atomic mass is 35.5. The predicted molar refractivity (Wildman–Crippen MR) is 113 cm³/mol. The van der Waals surface area contributed by atoms with E-state index in [1.807, 2.05) is 7.05 Å². The Morgan fingerprint density at radius 1 is 1.00 bits per heavy atom. The van der Waals surface area contributed by atoms with Gasteiger partial charge in [0, 0.05) is 18.5 Å². The molecular weight excluding hydrogens is 383 g/mol. The van der Waals surface area contributed by atoms with Crippen LogP contribution in [0.1, 0.15) is 44.9 Å². The van der Waals surface area contributed by atoms with Crippen molar-refractivity contribution in [3.63, 3.8) is 0 Å². The van der Waals surface area contributed by atoms with Gasteiger partial charge in [-0.3, -0.25) is 9.69 Å². The lowest BCUT2D eigenvalue weighted by molar-refractivity contribution is -0.122. The Morgan fingerprint density at radius 2 is 1.60 bits per heavy atom. The molecule has 2 aliphatic rings. The largest absolute Gasteiger partial charge is 0.354 e. The van der Waals surface area contributed by atoms with Crippen LogP contribution in [0.2, 0.25) is 0 Å². The summed E-state index contributed by atoms with van der Waals surface area (Å²) < 4.78 is 0. The summed E-state index contributed by atoms with van der Waals surface area (Å²) in [4.78, 5) is 17.2. The van der Waals surface area contributed by atoms with Crippen molar-refractivity contribution in [2.45, 2.75) is 50.5 Å². The van der Waals surface area contributed by atoms with Crippen LogP contribution >= 0.6 is 37.2 Å². The summed E-state index contributed by atoms with van der Waals surface area (Å²) in [7, 11) is 4.14. The van der Waals surface area contributed by atoms with Gasteiger partial charge in [-0.05, 0) is 78.9 Å². The van der Waals surface area contributed by atoms with Gasteiger partial charge in [-0.25, -0.2) is 0 Å². The highest BCUT2D eigenvalue weighted by Gasteiger charge is 2.39. The number of carbonyl (C=O) groups is 1. The van der Waals surface area contributed by atoms with Gasteiger partial charge in [0.05, 0.1) is 0 Å². The Bertz CT molecular complexity index is 347. The van der Waals surface area contributed by atoms with E-state index in [1.165, 1.54) is 45.2 Å². The number of hydrogen-bond donors (Lipinski definition) is 2. The third kappa shape index (κ3) is 8.63. The van der Waals surface area contributed by atoms with Crippen LogP contribution in [0.5, 0.6) is 0 Å². The Hall–Kier alpha value is 0.220. The number of likely N-dealkylation sites (tertiary alicyclic amines) is 2. The number of nitrogens with zero attached hydrogens (tertiary/aromatic N) is 2. The fourth-order valence-electron chi connectivity index (χ4n) is 3.79. The number of piperidine rings is 2. The number of hydrogen-bond acceptors (Lipinski definition) is 4. The molecule has 0 bridgehead atoms. The lowest BCUT2D eigenvalue weighted by Crippen LogP contribution is -2.61. The second kappa shape index (κ2) is 14.3. The summed E-state index contributed by atoms with van der Waals surface area (Å²) in [6.07, 6.45) is 7.91. The third-order valence-electron chi connectivity index (χ3n) is 5.39. The summed E-state index contributed by atoms with van der Waals surface area (Å²) in [6.45, 7) is 6.45. The van der Waals surface area contributed by atoms with Crippen molar-refractivity contribution in [1.82, 2.24) is 20.4 Å². The summed E-state index contributed by atoms with van der Waals surface area (Å²) in [5, 5.41) is 6.34. The summed E-state index contributed by atoms with van der Waals surface area (Å²) >= 11 is 0. The van der Waals surface area contributed by atoms with E-state index in [0.717, 1.165) is 32.6 Å². The molecule has 2 aliphatic heterocycles. The average molecular weight is 420 g/mol. The van der Waals surface area contributed by atoms with Crippen molar-refractivity contribution in [3.8, 4) is 0 Å². The van der Waals surface area contributed by atoms with Gasteiger partial charge in [-0.1, -0.05) is 6.42 Å². The van der Waals surface area contributed by atoms with Gasteiger partial charge >= 0.3 is 0 Å². The first kappa shape index (κ1) is 27.4. The maximum Gasteiger partial charge on any atom is 0.220 e. The lowest BCUT2D eigenvalue weighted by atomic mass is 9.84. The maximum atomic E-state index is 12.1. The van der Waals surface area contributed by atoms with E-state index in [9.17, 15) is 4.79 Å². The van der Waals surface area contributed by atoms with Crippen molar-refractivity contribution >= 4 is 43.1 Å². The molecule has 0 aliphatic carbocycles. The monoisotopic (exact) mass is 418 g/mol. The fourth-order valence-corrected chi connectivity index (χ4v) is 3.79. The molecule has 2 heterocycles. The highest BCUT2D eigenvalue weighted by molar-refractivity contribution is 5.86. The Kier molecular flexibility index (Phi) is 15.7. The van der Waals surface area contributed by atoms with Gasteiger partial charge < -0.3 is 15.5 Å². The number of halogens is 3. The molecule has 1 amide bonds. The van der Waals surface area contributed by atoms with Crippen LogP contribution in [0.4, 0.5) is 0 Å². The van der Waals surface area contributed by atoms with E-state index in [0.29, 0.717) is 6.42 Å². The standard InChI is InChI=1S/C17H34N4O.3ClH/c1-18-10-6-7-16(22)19-15-17(8-13-20(2)14-9-17)21-11-4-3-5-12-21;;;/h18H,3-15H2,1-2H3,(H,19,22);3*1H. The van der Waals surface area contributed by atoms with Crippen LogP contribution in [-0.2, 0) is 4.79 Å². The minimum Gasteiger partial charge on any atom is -0.354 e. The Balaban J connectivity index is 0. The molecule has 0 radical (unpaired) electrons. The molecule has 0 aromatic heterocycles. The Labute approximate surface area is 172 Å². The zero-order chi connectivity index (χ0) is 15.8. The fraction of sp³-hybridized carbons (Fsp3) is 0.941. The van der Waals surface area contributed by atoms with Crippen molar-refractivity contribution in [3.05, 3.63) is 0 Å². The molecule has 25 heavy (non-hydrogen) atoms. The number of carbonyl (C=O) groups excluding carboxylic acids is 1. The molecule has 152 valence electrons. The molecule has 2 N–H and O–H groups in total.